The van der Waals surface area contributed by atoms with Crippen molar-refractivity contribution in [2.45, 2.75) is 64.7 Å². The molecular formula is C21H27ClN2O. The van der Waals surface area contributed by atoms with E-state index in [1.54, 1.807) is 0 Å². The van der Waals surface area contributed by atoms with Gasteiger partial charge in [0.15, 0.2) is 5.75 Å². The largest absolute Gasteiger partial charge is 0.485 e. The molecule has 1 aliphatic heterocycles. The summed E-state index contributed by atoms with van der Waals surface area (Å²) in [4.78, 5) is 9.61. The lowest BCUT2D eigenvalue weighted by molar-refractivity contribution is 0.379. The molecule has 0 fully saturated rings. The van der Waals surface area contributed by atoms with Crippen LogP contribution >= 0.6 is 11.6 Å². The highest BCUT2D eigenvalue weighted by molar-refractivity contribution is 6.31. The van der Waals surface area contributed by atoms with Gasteiger partial charge in [-0.25, -0.2) is 4.98 Å². The molecule has 1 aliphatic rings. The zero-order valence-corrected chi connectivity index (χ0v) is 16.0. The van der Waals surface area contributed by atoms with Gasteiger partial charge in [-0.2, -0.15) is 0 Å². The van der Waals surface area contributed by atoms with E-state index in [-0.39, 0.29) is 0 Å². The summed E-state index contributed by atoms with van der Waals surface area (Å²) in [6.07, 6.45) is 10.6. The van der Waals surface area contributed by atoms with Crippen molar-refractivity contribution in [3.63, 3.8) is 0 Å². The Balaban J connectivity index is 1.92. The zero-order chi connectivity index (χ0) is 17.6. The predicted octanol–water partition coefficient (Wildman–Crippen LogP) is 6.84. The lowest BCUT2D eigenvalue weighted by Crippen LogP contribution is -2.09. The molecule has 0 radical (unpaired) electrons. The molecule has 1 aromatic heterocycles. The van der Waals surface area contributed by atoms with Crippen LogP contribution in [0.4, 0.5) is 5.69 Å². The molecule has 1 unspecified atom stereocenters. The molecule has 134 valence electrons. The van der Waals surface area contributed by atoms with Crippen LogP contribution in [0.3, 0.4) is 0 Å². The first kappa shape index (κ1) is 18.2. The first-order chi connectivity index (χ1) is 12.2. The number of ether oxygens (including phenoxy) is 1. The molecule has 0 bridgehead atoms. The minimum absolute atomic E-state index is 0.425. The second kappa shape index (κ2) is 8.66. The standard InChI is InChI=1S/C21H27ClN2O/c1-3-5-6-7-8-9-15(4-2)19-20-21(25-13-12-23-20)17-14-16(22)10-11-18(17)24-19/h10-12,14-15H,3-9,13H2,1-2H3. The molecular weight excluding hydrogens is 332 g/mol. The van der Waals surface area contributed by atoms with Crippen molar-refractivity contribution in [2.75, 3.05) is 6.61 Å². The third-order valence-electron chi connectivity index (χ3n) is 4.96. The number of benzene rings is 1. The van der Waals surface area contributed by atoms with Crippen molar-refractivity contribution < 1.29 is 4.74 Å². The number of unbranched alkanes of at least 4 members (excludes halogenated alkanes) is 4. The van der Waals surface area contributed by atoms with Gasteiger partial charge in [0, 0.05) is 22.5 Å². The van der Waals surface area contributed by atoms with Crippen LogP contribution in [0.25, 0.3) is 10.9 Å². The molecule has 0 amide bonds. The number of aliphatic imine (C=N–C) groups is 1. The molecule has 2 aromatic rings. The van der Waals surface area contributed by atoms with Gasteiger partial charge in [-0.1, -0.05) is 57.6 Å². The summed E-state index contributed by atoms with van der Waals surface area (Å²) in [5.41, 5.74) is 2.93. The lowest BCUT2D eigenvalue weighted by Gasteiger charge is -2.22. The first-order valence-electron chi connectivity index (χ1n) is 9.53. The number of hydrogen-bond acceptors (Lipinski definition) is 3. The number of halogens is 1. The summed E-state index contributed by atoms with van der Waals surface area (Å²) in [6.45, 7) is 5.00. The summed E-state index contributed by atoms with van der Waals surface area (Å²) in [7, 11) is 0. The summed E-state index contributed by atoms with van der Waals surface area (Å²) in [6, 6.07) is 5.81. The molecule has 0 spiro atoms. The van der Waals surface area contributed by atoms with Gasteiger partial charge in [-0.05, 0) is 31.0 Å². The van der Waals surface area contributed by atoms with Crippen LogP contribution in [-0.4, -0.2) is 17.8 Å². The monoisotopic (exact) mass is 358 g/mol. The second-order valence-electron chi connectivity index (χ2n) is 6.77. The van der Waals surface area contributed by atoms with Crippen LogP contribution in [0, 0.1) is 0 Å². The number of pyridine rings is 1. The third kappa shape index (κ3) is 4.14. The van der Waals surface area contributed by atoms with Gasteiger partial charge in [-0.3, -0.25) is 4.99 Å². The van der Waals surface area contributed by atoms with E-state index in [4.69, 9.17) is 21.3 Å². The minimum Gasteiger partial charge on any atom is -0.485 e. The highest BCUT2D eigenvalue weighted by Gasteiger charge is 2.23. The molecule has 0 saturated heterocycles. The summed E-state index contributed by atoms with van der Waals surface area (Å²) < 4.78 is 5.94. The molecule has 0 saturated carbocycles. The average molecular weight is 359 g/mol. The second-order valence-corrected chi connectivity index (χ2v) is 7.20. The Morgan fingerprint density at radius 3 is 2.80 bits per heavy atom. The van der Waals surface area contributed by atoms with Gasteiger partial charge in [-0.15, -0.1) is 0 Å². The number of rotatable bonds is 8. The van der Waals surface area contributed by atoms with Crippen LogP contribution in [0.2, 0.25) is 5.02 Å². The third-order valence-corrected chi connectivity index (χ3v) is 5.20. The maximum atomic E-state index is 6.18. The minimum atomic E-state index is 0.425. The Morgan fingerprint density at radius 1 is 1.16 bits per heavy atom. The van der Waals surface area contributed by atoms with Crippen LogP contribution in [0.5, 0.6) is 5.75 Å². The Kier molecular flexibility index (Phi) is 6.30. The first-order valence-corrected chi connectivity index (χ1v) is 9.90. The van der Waals surface area contributed by atoms with Crippen molar-refractivity contribution >= 4 is 34.4 Å². The zero-order valence-electron chi connectivity index (χ0n) is 15.2. The smallest absolute Gasteiger partial charge is 0.156 e. The molecule has 3 rings (SSSR count). The van der Waals surface area contributed by atoms with Gasteiger partial charge in [0.05, 0.1) is 11.2 Å². The molecule has 0 aliphatic carbocycles. The lowest BCUT2D eigenvalue weighted by atomic mass is 9.92. The summed E-state index contributed by atoms with van der Waals surface area (Å²) in [5, 5.41) is 1.66. The van der Waals surface area contributed by atoms with E-state index in [0.717, 1.165) is 40.9 Å². The highest BCUT2D eigenvalue weighted by Crippen LogP contribution is 2.44. The Bertz CT molecular complexity index is 757. The van der Waals surface area contributed by atoms with Crippen LogP contribution in [-0.2, 0) is 0 Å². The molecule has 4 heteroatoms. The summed E-state index contributed by atoms with van der Waals surface area (Å²) in [5.74, 6) is 1.27. The molecule has 0 N–H and O–H groups in total. The molecule has 3 nitrogen and oxygen atoms in total. The Morgan fingerprint density at radius 2 is 2.00 bits per heavy atom. The fourth-order valence-corrected chi connectivity index (χ4v) is 3.72. The van der Waals surface area contributed by atoms with Gasteiger partial charge in [0.2, 0.25) is 0 Å². The quantitative estimate of drug-likeness (QED) is 0.484. The Labute approximate surface area is 155 Å². The van der Waals surface area contributed by atoms with E-state index < -0.39 is 0 Å². The molecule has 25 heavy (non-hydrogen) atoms. The van der Waals surface area contributed by atoms with Crippen molar-refractivity contribution in [2.24, 2.45) is 4.99 Å². The van der Waals surface area contributed by atoms with E-state index in [2.05, 4.69) is 18.8 Å². The number of hydrogen-bond donors (Lipinski definition) is 0. The van der Waals surface area contributed by atoms with Crippen molar-refractivity contribution in [1.82, 2.24) is 4.98 Å². The van der Waals surface area contributed by atoms with Gasteiger partial charge < -0.3 is 4.74 Å². The number of aromatic nitrogens is 1. The average Bonchev–Trinajstić information content (AvgIpc) is 2.64. The maximum Gasteiger partial charge on any atom is 0.156 e. The fourth-order valence-electron chi connectivity index (χ4n) is 3.55. The summed E-state index contributed by atoms with van der Waals surface area (Å²) >= 11 is 6.18. The SMILES string of the molecule is CCCCCCCC(CC)c1nc2ccc(Cl)cc2c2c1N=CCO2. The van der Waals surface area contributed by atoms with Gasteiger partial charge in [0.25, 0.3) is 0 Å². The van der Waals surface area contributed by atoms with Crippen LogP contribution < -0.4 is 4.74 Å². The maximum absolute atomic E-state index is 6.18. The van der Waals surface area contributed by atoms with Crippen molar-refractivity contribution in [1.29, 1.82) is 0 Å². The van der Waals surface area contributed by atoms with E-state index in [1.165, 1.54) is 32.1 Å². The van der Waals surface area contributed by atoms with E-state index in [0.29, 0.717) is 17.5 Å². The topological polar surface area (TPSA) is 34.5 Å². The fraction of sp³-hybridized carbons (Fsp3) is 0.524. The van der Waals surface area contributed by atoms with Crippen molar-refractivity contribution in [3.05, 3.63) is 28.9 Å². The normalized spacial score (nSPS) is 14.4. The highest BCUT2D eigenvalue weighted by atomic mass is 35.5. The number of fused-ring (bicyclic) bond motifs is 3. The molecule has 1 aromatic carbocycles. The number of nitrogens with zero attached hydrogens (tertiary/aromatic N) is 2. The Hall–Kier alpha value is -1.61. The van der Waals surface area contributed by atoms with Crippen LogP contribution in [0.15, 0.2) is 23.2 Å². The molecule has 2 heterocycles. The van der Waals surface area contributed by atoms with Crippen molar-refractivity contribution in [3.8, 4) is 5.75 Å². The van der Waals surface area contributed by atoms with Gasteiger partial charge in [0.1, 0.15) is 12.3 Å². The van der Waals surface area contributed by atoms with E-state index in [1.807, 2.05) is 24.4 Å². The van der Waals surface area contributed by atoms with Crippen LogP contribution in [0.1, 0.15) is 70.4 Å². The molecule has 1 atom stereocenters. The van der Waals surface area contributed by atoms with Gasteiger partial charge >= 0.3 is 0 Å². The van der Waals surface area contributed by atoms with E-state index in [9.17, 15) is 0 Å². The predicted molar refractivity (Wildman–Crippen MR) is 107 cm³/mol. The van der Waals surface area contributed by atoms with E-state index >= 15 is 0 Å².